The Bertz CT molecular complexity index is 312. The fourth-order valence-corrected chi connectivity index (χ4v) is 2.84. The Morgan fingerprint density at radius 3 is 2.44 bits per heavy atom. The topological polar surface area (TPSA) is 58.6 Å². The maximum absolute atomic E-state index is 11.8. The first kappa shape index (κ1) is 13.7. The van der Waals surface area contributed by atoms with Crippen LogP contribution in [0.1, 0.15) is 44.9 Å². The first-order valence-electron chi connectivity index (χ1n) is 6.65. The molecule has 18 heavy (non-hydrogen) atoms. The normalized spacial score (nSPS) is 24.8. The molecule has 0 spiro atoms. The van der Waals surface area contributed by atoms with E-state index in [0.29, 0.717) is 0 Å². The number of hydrogen-bond acceptors (Lipinski definition) is 5. The Morgan fingerprint density at radius 1 is 1.11 bits per heavy atom. The Morgan fingerprint density at radius 2 is 1.83 bits per heavy atom. The highest BCUT2D eigenvalue weighted by atomic mass is 32.1. The molecule has 2 fully saturated rings. The molecule has 1 heterocycles. The van der Waals surface area contributed by atoms with Gasteiger partial charge in [-0.1, -0.05) is 32.1 Å². The van der Waals surface area contributed by atoms with Crippen LogP contribution >= 0.6 is 12.8 Å². The van der Waals surface area contributed by atoms with Gasteiger partial charge in [-0.3, -0.25) is 4.31 Å². The van der Waals surface area contributed by atoms with Gasteiger partial charge in [0.25, 0.3) is 0 Å². The van der Waals surface area contributed by atoms with Gasteiger partial charge in [-0.25, -0.2) is 9.59 Å². The van der Waals surface area contributed by atoms with Crippen LogP contribution in [0.3, 0.4) is 0 Å². The number of esters is 1. The van der Waals surface area contributed by atoms with Crippen molar-refractivity contribution < 1.29 is 14.3 Å². The minimum Gasteiger partial charge on any atom is -0.374 e. The smallest absolute Gasteiger partial charge is 0.374 e. The number of nitrogens with zero attached hydrogens (tertiary/aromatic N) is 1. The molecule has 0 aromatic rings. The van der Waals surface area contributed by atoms with Crippen LogP contribution in [0.25, 0.3) is 0 Å². The fraction of sp³-hybridized carbons (Fsp3) is 0.833. The molecule has 2 rings (SSSR count). The molecular weight excluding hydrogens is 252 g/mol. The maximum Gasteiger partial charge on any atom is 0.427 e. The zero-order valence-corrected chi connectivity index (χ0v) is 11.3. The summed E-state index contributed by atoms with van der Waals surface area (Å²) < 4.78 is 6.14. The second kappa shape index (κ2) is 6.43. The molecule has 1 saturated heterocycles. The standard InChI is InChI=1S/C12H20N2O3S/c15-11(10-7-4-8-13-10)17-12(16)14(18)9-5-2-1-3-6-9/h9-10,13,18H,1-8H2. The van der Waals surface area contributed by atoms with Crippen molar-refractivity contribution in [1.82, 2.24) is 9.62 Å². The van der Waals surface area contributed by atoms with Crippen LogP contribution in [-0.4, -0.2) is 35.0 Å². The summed E-state index contributed by atoms with van der Waals surface area (Å²) in [5.41, 5.74) is 0. The van der Waals surface area contributed by atoms with Crippen molar-refractivity contribution in [2.45, 2.75) is 57.0 Å². The SMILES string of the molecule is O=C(OC(=O)N(S)C1CCCCC1)C1CCCN1. The first-order valence-corrected chi connectivity index (χ1v) is 7.05. The molecule has 6 heteroatoms. The molecule has 1 saturated carbocycles. The van der Waals surface area contributed by atoms with Crippen molar-refractivity contribution in [2.24, 2.45) is 0 Å². The van der Waals surface area contributed by atoms with E-state index in [9.17, 15) is 9.59 Å². The second-order valence-electron chi connectivity index (χ2n) is 4.97. The lowest BCUT2D eigenvalue weighted by atomic mass is 9.96. The van der Waals surface area contributed by atoms with E-state index in [2.05, 4.69) is 18.1 Å². The molecule has 0 aromatic carbocycles. The average Bonchev–Trinajstić information content (AvgIpc) is 2.92. The largest absolute Gasteiger partial charge is 0.427 e. The quantitative estimate of drug-likeness (QED) is 0.458. The first-order chi connectivity index (χ1) is 8.68. The molecule has 0 aromatic heterocycles. The zero-order chi connectivity index (χ0) is 13.0. The number of carbonyl (C=O) groups excluding carboxylic acids is 2. The van der Waals surface area contributed by atoms with E-state index < -0.39 is 12.1 Å². The van der Waals surface area contributed by atoms with E-state index >= 15 is 0 Å². The van der Waals surface area contributed by atoms with E-state index in [1.165, 1.54) is 10.7 Å². The lowest BCUT2D eigenvalue weighted by Gasteiger charge is -2.28. The van der Waals surface area contributed by atoms with Gasteiger partial charge in [0, 0.05) is 6.04 Å². The highest BCUT2D eigenvalue weighted by Crippen LogP contribution is 2.24. The van der Waals surface area contributed by atoms with Crippen molar-refractivity contribution in [3.8, 4) is 0 Å². The molecule has 1 aliphatic carbocycles. The highest BCUT2D eigenvalue weighted by molar-refractivity contribution is 7.78. The lowest BCUT2D eigenvalue weighted by Crippen LogP contribution is -2.40. The summed E-state index contributed by atoms with van der Waals surface area (Å²) >= 11 is 4.17. The number of nitrogens with one attached hydrogen (secondary N) is 1. The van der Waals surface area contributed by atoms with Crippen molar-refractivity contribution >= 4 is 24.9 Å². The van der Waals surface area contributed by atoms with Crippen molar-refractivity contribution in [3.63, 3.8) is 0 Å². The summed E-state index contributed by atoms with van der Waals surface area (Å²) in [7, 11) is 0. The lowest BCUT2D eigenvalue weighted by molar-refractivity contribution is -0.140. The van der Waals surface area contributed by atoms with Gasteiger partial charge in [-0.2, -0.15) is 0 Å². The van der Waals surface area contributed by atoms with Crippen LogP contribution < -0.4 is 5.32 Å². The summed E-state index contributed by atoms with van der Waals surface area (Å²) in [5, 5.41) is 3.01. The predicted molar refractivity (Wildman–Crippen MR) is 70.2 cm³/mol. The summed E-state index contributed by atoms with van der Waals surface area (Å²) in [6.07, 6.45) is 6.34. The summed E-state index contributed by atoms with van der Waals surface area (Å²) in [6, 6.07) is -0.235. The van der Waals surface area contributed by atoms with E-state index in [1.54, 1.807) is 0 Å². The molecule has 1 atom stereocenters. The monoisotopic (exact) mass is 272 g/mol. The molecule has 5 nitrogen and oxygen atoms in total. The van der Waals surface area contributed by atoms with Gasteiger partial charge < -0.3 is 10.1 Å². The molecule has 102 valence electrons. The van der Waals surface area contributed by atoms with Crippen molar-refractivity contribution in [2.75, 3.05) is 6.54 Å². The van der Waals surface area contributed by atoms with E-state index in [-0.39, 0.29) is 12.1 Å². The van der Waals surface area contributed by atoms with Gasteiger partial charge in [0.15, 0.2) is 0 Å². The van der Waals surface area contributed by atoms with Crippen LogP contribution in [0.4, 0.5) is 4.79 Å². The second-order valence-corrected chi connectivity index (χ2v) is 5.40. The minimum atomic E-state index is -0.635. The average molecular weight is 272 g/mol. The molecular formula is C12H20N2O3S. The van der Waals surface area contributed by atoms with Gasteiger partial charge in [0.2, 0.25) is 0 Å². The van der Waals surface area contributed by atoms with Crippen LogP contribution in [0.15, 0.2) is 0 Å². The minimum absolute atomic E-state index is 0.0962. The van der Waals surface area contributed by atoms with Crippen molar-refractivity contribution in [3.05, 3.63) is 0 Å². The third-order valence-electron chi connectivity index (χ3n) is 3.64. The fourth-order valence-electron chi connectivity index (χ4n) is 2.56. The molecule has 1 N–H and O–H groups in total. The third-order valence-corrected chi connectivity index (χ3v) is 4.13. The third kappa shape index (κ3) is 3.38. The van der Waals surface area contributed by atoms with Crippen molar-refractivity contribution in [1.29, 1.82) is 0 Å². The number of amides is 1. The molecule has 1 amide bonds. The highest BCUT2D eigenvalue weighted by Gasteiger charge is 2.30. The predicted octanol–water partition coefficient (Wildman–Crippen LogP) is 1.88. The Balaban J connectivity index is 1.80. The van der Waals surface area contributed by atoms with Gasteiger partial charge in [0.05, 0.1) is 0 Å². The molecule has 2 aliphatic rings. The van der Waals surface area contributed by atoms with E-state index in [4.69, 9.17) is 4.74 Å². The number of rotatable bonds is 2. The summed E-state index contributed by atoms with van der Waals surface area (Å²) in [4.78, 5) is 23.5. The number of thiol groups is 1. The van der Waals surface area contributed by atoms with Crippen LogP contribution in [0.5, 0.6) is 0 Å². The molecule has 1 aliphatic heterocycles. The Hall–Kier alpha value is -0.750. The Kier molecular flexibility index (Phi) is 4.88. The Labute approximate surface area is 113 Å². The van der Waals surface area contributed by atoms with E-state index in [1.807, 2.05) is 0 Å². The van der Waals surface area contributed by atoms with Crippen LogP contribution in [0, 0.1) is 0 Å². The summed E-state index contributed by atoms with van der Waals surface area (Å²) in [6.45, 7) is 0.807. The van der Waals surface area contributed by atoms with E-state index in [0.717, 1.165) is 45.1 Å². The van der Waals surface area contributed by atoms with Gasteiger partial charge in [-0.15, -0.1) is 0 Å². The van der Waals surface area contributed by atoms with Gasteiger partial charge in [-0.05, 0) is 32.2 Å². The number of ether oxygens (including phenoxy) is 1. The molecule has 0 radical (unpaired) electrons. The molecule has 0 bridgehead atoms. The number of hydrogen-bond donors (Lipinski definition) is 2. The van der Waals surface area contributed by atoms with Gasteiger partial charge >= 0.3 is 12.1 Å². The molecule has 1 unspecified atom stereocenters. The van der Waals surface area contributed by atoms with Crippen LogP contribution in [0.2, 0.25) is 0 Å². The maximum atomic E-state index is 11.8. The summed E-state index contributed by atoms with van der Waals surface area (Å²) in [5.74, 6) is -0.479. The zero-order valence-electron chi connectivity index (χ0n) is 10.4. The van der Waals surface area contributed by atoms with Gasteiger partial charge in [0.1, 0.15) is 6.04 Å². The van der Waals surface area contributed by atoms with Crippen LogP contribution in [-0.2, 0) is 9.53 Å². The number of carbonyl (C=O) groups is 2.